The van der Waals surface area contributed by atoms with E-state index in [0.717, 1.165) is 51.5 Å². The van der Waals surface area contributed by atoms with Crippen LogP contribution >= 0.6 is 0 Å². The van der Waals surface area contributed by atoms with Crippen molar-refractivity contribution in [2.75, 3.05) is 26.2 Å². The van der Waals surface area contributed by atoms with Gasteiger partial charge in [0.15, 0.2) is 0 Å². The van der Waals surface area contributed by atoms with E-state index in [-0.39, 0.29) is 6.04 Å². The van der Waals surface area contributed by atoms with Gasteiger partial charge in [0.05, 0.1) is 0 Å². The zero-order chi connectivity index (χ0) is 13.7. The van der Waals surface area contributed by atoms with Crippen molar-refractivity contribution in [1.29, 1.82) is 0 Å². The van der Waals surface area contributed by atoms with E-state index >= 15 is 0 Å². The molecule has 1 N–H and O–H groups in total. The zero-order valence-corrected chi connectivity index (χ0v) is 11.5. The van der Waals surface area contributed by atoms with Crippen molar-refractivity contribution in [3.8, 4) is 0 Å². The Hall–Kier alpha value is -1.00. The van der Waals surface area contributed by atoms with Crippen molar-refractivity contribution >= 4 is 0 Å². The summed E-state index contributed by atoms with van der Waals surface area (Å²) in [6.07, 6.45) is 3.08. The van der Waals surface area contributed by atoms with Gasteiger partial charge in [-0.1, -0.05) is 25.8 Å². The van der Waals surface area contributed by atoms with E-state index in [2.05, 4.69) is 17.1 Å². The molecule has 106 valence electrons. The van der Waals surface area contributed by atoms with Crippen LogP contribution in [0.1, 0.15) is 37.8 Å². The second-order valence-corrected chi connectivity index (χ2v) is 5.11. The Bertz CT molecular complexity index is 403. The molecule has 0 saturated carbocycles. The number of hydrogen-bond acceptors (Lipinski definition) is 2. The Morgan fingerprint density at radius 1 is 1.26 bits per heavy atom. The van der Waals surface area contributed by atoms with Crippen molar-refractivity contribution in [3.05, 3.63) is 35.4 Å². The number of benzene rings is 1. The first-order chi connectivity index (χ1) is 9.22. The Balaban J connectivity index is 2.19. The molecule has 2 nitrogen and oxygen atoms in total. The second kappa shape index (κ2) is 6.96. The third-order valence-corrected chi connectivity index (χ3v) is 3.74. The normalized spacial score (nSPS) is 18.5. The van der Waals surface area contributed by atoms with E-state index in [0.29, 0.717) is 5.56 Å². The number of hydrogen-bond donors (Lipinski definition) is 1. The SMILES string of the molecule is CCCC[C@H](c1ccc(F)cc1F)N1CCNCC1. The molecule has 4 heteroatoms. The summed E-state index contributed by atoms with van der Waals surface area (Å²) >= 11 is 0. The van der Waals surface area contributed by atoms with E-state index in [1.54, 1.807) is 6.07 Å². The van der Waals surface area contributed by atoms with Gasteiger partial charge < -0.3 is 5.32 Å². The highest BCUT2D eigenvalue weighted by Crippen LogP contribution is 2.29. The van der Waals surface area contributed by atoms with Crippen molar-refractivity contribution in [1.82, 2.24) is 10.2 Å². The average molecular weight is 268 g/mol. The number of halogens is 2. The average Bonchev–Trinajstić information content (AvgIpc) is 2.42. The second-order valence-electron chi connectivity index (χ2n) is 5.11. The van der Waals surface area contributed by atoms with Crippen LogP contribution < -0.4 is 5.32 Å². The molecule has 1 atom stereocenters. The lowest BCUT2D eigenvalue weighted by Crippen LogP contribution is -2.45. The molecule has 1 fully saturated rings. The van der Waals surface area contributed by atoms with E-state index in [1.807, 2.05) is 0 Å². The molecule has 1 heterocycles. The van der Waals surface area contributed by atoms with Crippen LogP contribution in [0.15, 0.2) is 18.2 Å². The highest BCUT2D eigenvalue weighted by Gasteiger charge is 2.24. The fraction of sp³-hybridized carbons (Fsp3) is 0.600. The number of rotatable bonds is 5. The van der Waals surface area contributed by atoms with Crippen molar-refractivity contribution in [2.45, 2.75) is 32.2 Å². The summed E-state index contributed by atoms with van der Waals surface area (Å²) in [6, 6.07) is 4.03. The molecule has 0 aromatic heterocycles. The third kappa shape index (κ3) is 3.74. The van der Waals surface area contributed by atoms with Gasteiger partial charge in [0.1, 0.15) is 11.6 Å². The zero-order valence-electron chi connectivity index (χ0n) is 11.5. The third-order valence-electron chi connectivity index (χ3n) is 3.74. The highest BCUT2D eigenvalue weighted by atomic mass is 19.1. The molecule has 1 aromatic rings. The van der Waals surface area contributed by atoms with E-state index in [9.17, 15) is 8.78 Å². The van der Waals surface area contributed by atoms with Crippen LogP contribution in [-0.4, -0.2) is 31.1 Å². The van der Waals surface area contributed by atoms with E-state index in [4.69, 9.17) is 0 Å². The van der Waals surface area contributed by atoms with Gasteiger partial charge in [0.2, 0.25) is 0 Å². The van der Waals surface area contributed by atoms with Gasteiger partial charge in [-0.15, -0.1) is 0 Å². The summed E-state index contributed by atoms with van der Waals surface area (Å²) in [4.78, 5) is 2.31. The predicted molar refractivity (Wildman–Crippen MR) is 73.1 cm³/mol. The molecule has 0 spiro atoms. The van der Waals surface area contributed by atoms with Crippen LogP contribution in [0.3, 0.4) is 0 Å². The topological polar surface area (TPSA) is 15.3 Å². The fourth-order valence-electron chi connectivity index (χ4n) is 2.70. The fourth-order valence-corrected chi connectivity index (χ4v) is 2.70. The van der Waals surface area contributed by atoms with Gasteiger partial charge in [-0.05, 0) is 12.5 Å². The molecule has 0 bridgehead atoms. The lowest BCUT2D eigenvalue weighted by Gasteiger charge is -2.35. The number of unbranched alkanes of at least 4 members (excludes halogenated alkanes) is 1. The van der Waals surface area contributed by atoms with Crippen molar-refractivity contribution in [2.24, 2.45) is 0 Å². The summed E-state index contributed by atoms with van der Waals surface area (Å²) in [7, 11) is 0. The molecule has 1 aromatic carbocycles. The van der Waals surface area contributed by atoms with Gasteiger partial charge in [0, 0.05) is 43.9 Å². The molecule has 0 unspecified atom stereocenters. The molecule has 1 aliphatic heterocycles. The first kappa shape index (κ1) is 14.4. The Morgan fingerprint density at radius 2 is 2.00 bits per heavy atom. The summed E-state index contributed by atoms with van der Waals surface area (Å²) in [5, 5.41) is 3.31. The maximum Gasteiger partial charge on any atom is 0.130 e. The minimum atomic E-state index is -0.504. The van der Waals surface area contributed by atoms with Gasteiger partial charge >= 0.3 is 0 Å². The summed E-state index contributed by atoms with van der Waals surface area (Å²) < 4.78 is 27.0. The van der Waals surface area contributed by atoms with Gasteiger partial charge in [-0.2, -0.15) is 0 Å². The highest BCUT2D eigenvalue weighted by molar-refractivity contribution is 5.22. The lowest BCUT2D eigenvalue weighted by molar-refractivity contribution is 0.160. The van der Waals surface area contributed by atoms with Gasteiger partial charge in [-0.25, -0.2) is 8.78 Å². The van der Waals surface area contributed by atoms with Gasteiger partial charge in [0.25, 0.3) is 0 Å². The molecular weight excluding hydrogens is 246 g/mol. The minimum absolute atomic E-state index is 0.0719. The summed E-state index contributed by atoms with van der Waals surface area (Å²) in [5.41, 5.74) is 0.636. The maximum atomic E-state index is 14.0. The number of piperazine rings is 1. The maximum absolute atomic E-state index is 14.0. The largest absolute Gasteiger partial charge is 0.314 e. The molecule has 0 amide bonds. The Kier molecular flexibility index (Phi) is 5.28. The molecule has 1 aliphatic rings. The summed E-state index contributed by atoms with van der Waals surface area (Å²) in [6.45, 7) is 5.85. The Labute approximate surface area is 113 Å². The number of nitrogens with zero attached hydrogens (tertiary/aromatic N) is 1. The smallest absolute Gasteiger partial charge is 0.130 e. The van der Waals surface area contributed by atoms with Crippen LogP contribution in [-0.2, 0) is 0 Å². The molecule has 1 saturated heterocycles. The molecular formula is C15H22F2N2. The van der Waals surface area contributed by atoms with Crippen molar-refractivity contribution in [3.63, 3.8) is 0 Å². The van der Waals surface area contributed by atoms with Crippen LogP contribution in [0.4, 0.5) is 8.78 Å². The van der Waals surface area contributed by atoms with Crippen LogP contribution in [0.25, 0.3) is 0 Å². The quantitative estimate of drug-likeness (QED) is 0.882. The monoisotopic (exact) mass is 268 g/mol. The van der Waals surface area contributed by atoms with Crippen LogP contribution in [0.5, 0.6) is 0 Å². The first-order valence-electron chi connectivity index (χ1n) is 7.12. The molecule has 0 aliphatic carbocycles. The minimum Gasteiger partial charge on any atom is -0.314 e. The standard InChI is InChI=1S/C15H22F2N2/c1-2-3-4-15(19-9-7-18-8-10-19)13-6-5-12(16)11-14(13)17/h5-6,11,15,18H,2-4,7-10H2,1H3/t15-/m1/s1. The lowest BCUT2D eigenvalue weighted by atomic mass is 9.98. The molecule has 0 radical (unpaired) electrons. The van der Waals surface area contributed by atoms with Gasteiger partial charge in [-0.3, -0.25) is 4.90 Å². The Morgan fingerprint density at radius 3 is 2.63 bits per heavy atom. The molecule has 2 rings (SSSR count). The predicted octanol–water partition coefficient (Wildman–Crippen LogP) is 3.10. The number of nitrogens with one attached hydrogen (secondary N) is 1. The van der Waals surface area contributed by atoms with E-state index < -0.39 is 11.6 Å². The van der Waals surface area contributed by atoms with Crippen molar-refractivity contribution < 1.29 is 8.78 Å². The van der Waals surface area contributed by atoms with Crippen LogP contribution in [0.2, 0.25) is 0 Å². The molecule has 19 heavy (non-hydrogen) atoms. The van der Waals surface area contributed by atoms with Crippen LogP contribution in [0, 0.1) is 11.6 Å². The summed E-state index contributed by atoms with van der Waals surface area (Å²) in [5.74, 6) is -0.921. The van der Waals surface area contributed by atoms with E-state index in [1.165, 1.54) is 6.07 Å². The first-order valence-corrected chi connectivity index (χ1v) is 7.12.